The molecule has 0 aromatic heterocycles. The van der Waals surface area contributed by atoms with Crippen LogP contribution in [0.25, 0.3) is 0 Å². The van der Waals surface area contributed by atoms with Gasteiger partial charge in [-0.15, -0.1) is 0 Å². The van der Waals surface area contributed by atoms with Crippen molar-refractivity contribution in [1.82, 2.24) is 25.8 Å². The first kappa shape index (κ1) is 22.8. The smallest absolute Gasteiger partial charge is 0.0793 e. The number of aliphatic hydroxyl groups is 1. The molecule has 4 N–H and O–H groups in total. The van der Waals surface area contributed by atoms with Crippen LogP contribution in [0.4, 0.5) is 0 Å². The van der Waals surface area contributed by atoms with Gasteiger partial charge in [0.1, 0.15) is 0 Å². The maximum Gasteiger partial charge on any atom is 0.0793 e. The number of hydrogen-bond donors (Lipinski definition) is 4. The molecule has 6 nitrogen and oxygen atoms in total. The van der Waals surface area contributed by atoms with E-state index in [0.29, 0.717) is 0 Å². The van der Waals surface area contributed by atoms with Crippen molar-refractivity contribution in [3.05, 3.63) is 0 Å². The molecule has 0 saturated carbocycles. The van der Waals surface area contributed by atoms with Crippen molar-refractivity contribution in [2.24, 2.45) is 0 Å². The van der Waals surface area contributed by atoms with Gasteiger partial charge >= 0.3 is 0 Å². The van der Waals surface area contributed by atoms with Gasteiger partial charge in [0.15, 0.2) is 0 Å². The maximum absolute atomic E-state index is 10.6. The van der Waals surface area contributed by atoms with Crippen molar-refractivity contribution in [1.29, 1.82) is 0 Å². The lowest BCUT2D eigenvalue weighted by Crippen LogP contribution is -2.46. The van der Waals surface area contributed by atoms with Crippen LogP contribution < -0.4 is 16.0 Å². The van der Waals surface area contributed by atoms with Gasteiger partial charge in [0.05, 0.1) is 6.10 Å². The highest BCUT2D eigenvalue weighted by Gasteiger charge is 2.15. The zero-order valence-electron chi connectivity index (χ0n) is 16.7. The number of nitrogens with zero attached hydrogens (tertiary/aromatic N) is 2. The predicted octanol–water partition coefficient (Wildman–Crippen LogP) is 0.334. The minimum absolute atomic E-state index is 0.261. The largest absolute Gasteiger partial charge is 0.390 e. The summed E-state index contributed by atoms with van der Waals surface area (Å²) in [6.07, 6.45) is 4.63. The number of unbranched alkanes of at least 4 members (excludes halogenated alkanes) is 2. The highest BCUT2D eigenvalue weighted by molar-refractivity contribution is 4.72. The van der Waals surface area contributed by atoms with Crippen LogP contribution in [0, 0.1) is 0 Å². The molecule has 0 amide bonds. The Morgan fingerprint density at radius 2 is 1.32 bits per heavy atom. The van der Waals surface area contributed by atoms with E-state index in [-0.39, 0.29) is 6.10 Å². The Balaban J connectivity index is 2.38. The van der Waals surface area contributed by atoms with Gasteiger partial charge in [-0.25, -0.2) is 0 Å². The van der Waals surface area contributed by atoms with Gasteiger partial charge in [0, 0.05) is 65.4 Å². The van der Waals surface area contributed by atoms with E-state index in [4.69, 9.17) is 0 Å². The molecule has 150 valence electrons. The van der Waals surface area contributed by atoms with Gasteiger partial charge in [0.25, 0.3) is 0 Å². The van der Waals surface area contributed by atoms with E-state index in [9.17, 15) is 5.11 Å². The van der Waals surface area contributed by atoms with E-state index >= 15 is 0 Å². The van der Waals surface area contributed by atoms with Crippen LogP contribution in [0.15, 0.2) is 0 Å². The van der Waals surface area contributed by atoms with Crippen LogP contribution >= 0.6 is 0 Å². The van der Waals surface area contributed by atoms with Crippen molar-refractivity contribution in [3.8, 4) is 0 Å². The van der Waals surface area contributed by atoms with Gasteiger partial charge in [-0.3, -0.25) is 4.90 Å². The van der Waals surface area contributed by atoms with Gasteiger partial charge in [-0.05, 0) is 25.9 Å². The lowest BCUT2D eigenvalue weighted by molar-refractivity contribution is 0.0729. The van der Waals surface area contributed by atoms with E-state index in [1.165, 1.54) is 25.7 Å². The number of aliphatic hydroxyl groups excluding tert-OH is 1. The molecule has 1 rings (SSSR count). The van der Waals surface area contributed by atoms with Gasteiger partial charge < -0.3 is 26.0 Å². The second-order valence-corrected chi connectivity index (χ2v) is 7.21. The summed E-state index contributed by atoms with van der Waals surface area (Å²) in [6.45, 7) is 16.3. The van der Waals surface area contributed by atoms with Crippen molar-refractivity contribution in [3.63, 3.8) is 0 Å². The summed E-state index contributed by atoms with van der Waals surface area (Å²) < 4.78 is 0. The molecule has 1 unspecified atom stereocenters. The van der Waals surface area contributed by atoms with Crippen LogP contribution in [0.2, 0.25) is 0 Å². The molecular weight excluding hydrogens is 314 g/mol. The summed E-state index contributed by atoms with van der Waals surface area (Å²) in [7, 11) is 0. The lowest BCUT2D eigenvalue weighted by Gasteiger charge is -2.29. The number of nitrogens with one attached hydrogen (secondary N) is 3. The van der Waals surface area contributed by atoms with E-state index in [1.54, 1.807) is 0 Å². The van der Waals surface area contributed by atoms with Crippen molar-refractivity contribution in [2.45, 2.75) is 45.6 Å². The molecule has 0 aromatic rings. The maximum atomic E-state index is 10.6. The predicted molar refractivity (Wildman–Crippen MR) is 107 cm³/mol. The zero-order chi connectivity index (χ0) is 18.2. The summed E-state index contributed by atoms with van der Waals surface area (Å²) in [6, 6.07) is 0. The Labute approximate surface area is 155 Å². The fraction of sp³-hybridized carbons (Fsp3) is 1.00. The molecule has 6 heteroatoms. The average molecular weight is 358 g/mol. The molecule has 1 aliphatic heterocycles. The molecule has 1 saturated heterocycles. The SMILES string of the molecule is CCCCN(CCCC)CC(O)CN1CCNCCNCCNCC1. The van der Waals surface area contributed by atoms with Crippen LogP contribution in [0.5, 0.6) is 0 Å². The van der Waals surface area contributed by atoms with Crippen molar-refractivity contribution >= 4 is 0 Å². The Morgan fingerprint density at radius 3 is 1.80 bits per heavy atom. The molecule has 1 fully saturated rings. The van der Waals surface area contributed by atoms with Gasteiger partial charge in [-0.1, -0.05) is 26.7 Å². The summed E-state index contributed by atoms with van der Waals surface area (Å²) in [5.74, 6) is 0. The van der Waals surface area contributed by atoms with E-state index in [2.05, 4.69) is 39.6 Å². The van der Waals surface area contributed by atoms with Crippen molar-refractivity contribution in [2.75, 3.05) is 78.5 Å². The first-order valence-electron chi connectivity index (χ1n) is 10.5. The summed E-state index contributed by atoms with van der Waals surface area (Å²) in [4.78, 5) is 4.86. The summed E-state index contributed by atoms with van der Waals surface area (Å²) in [5.41, 5.74) is 0. The van der Waals surface area contributed by atoms with Crippen LogP contribution in [-0.2, 0) is 0 Å². The zero-order valence-corrected chi connectivity index (χ0v) is 16.7. The van der Waals surface area contributed by atoms with Crippen LogP contribution in [0.1, 0.15) is 39.5 Å². The molecule has 1 heterocycles. The molecule has 0 radical (unpaired) electrons. The molecule has 0 bridgehead atoms. The molecule has 0 aromatic carbocycles. The number of β-amino-alcohol motifs (C(OH)–C–C–N with tert-alkyl or cyclic N) is 1. The molecule has 1 atom stereocenters. The van der Waals surface area contributed by atoms with E-state index in [1.807, 2.05) is 0 Å². The molecule has 0 spiro atoms. The topological polar surface area (TPSA) is 62.8 Å². The monoisotopic (exact) mass is 357 g/mol. The first-order chi connectivity index (χ1) is 12.3. The molecule has 0 aliphatic carbocycles. The Hall–Kier alpha value is -0.240. The second-order valence-electron chi connectivity index (χ2n) is 7.21. The Kier molecular flexibility index (Phi) is 14.6. The van der Waals surface area contributed by atoms with E-state index < -0.39 is 0 Å². The molecule has 1 aliphatic rings. The Bertz CT molecular complexity index is 273. The highest BCUT2D eigenvalue weighted by atomic mass is 16.3. The highest BCUT2D eigenvalue weighted by Crippen LogP contribution is 2.02. The second kappa shape index (κ2) is 16.0. The normalized spacial score (nSPS) is 20.2. The summed E-state index contributed by atoms with van der Waals surface area (Å²) in [5, 5.41) is 21.0. The fourth-order valence-corrected chi connectivity index (χ4v) is 3.21. The number of hydrogen-bond acceptors (Lipinski definition) is 6. The lowest BCUT2D eigenvalue weighted by atomic mass is 10.2. The van der Waals surface area contributed by atoms with Crippen LogP contribution in [0.3, 0.4) is 0 Å². The third-order valence-corrected chi connectivity index (χ3v) is 4.76. The van der Waals surface area contributed by atoms with Gasteiger partial charge in [0.2, 0.25) is 0 Å². The minimum atomic E-state index is -0.261. The molecular formula is C19H43N5O. The van der Waals surface area contributed by atoms with Crippen LogP contribution in [-0.4, -0.2) is 99.5 Å². The average Bonchev–Trinajstić information content (AvgIpc) is 2.59. The minimum Gasteiger partial charge on any atom is -0.390 e. The van der Waals surface area contributed by atoms with E-state index in [0.717, 1.165) is 78.5 Å². The first-order valence-corrected chi connectivity index (χ1v) is 10.5. The fourth-order valence-electron chi connectivity index (χ4n) is 3.21. The summed E-state index contributed by atoms with van der Waals surface area (Å²) >= 11 is 0. The third-order valence-electron chi connectivity index (χ3n) is 4.76. The third kappa shape index (κ3) is 12.7. The quantitative estimate of drug-likeness (QED) is 0.452. The van der Waals surface area contributed by atoms with Gasteiger partial charge in [-0.2, -0.15) is 0 Å². The molecule has 25 heavy (non-hydrogen) atoms. The van der Waals surface area contributed by atoms with Crippen molar-refractivity contribution < 1.29 is 5.11 Å². The Morgan fingerprint density at radius 1 is 0.840 bits per heavy atom. The number of rotatable bonds is 10. The standard InChI is InChI=1S/C19H43N5O/c1-3-5-13-23(14-6-4-2)17-19(25)18-24-15-11-21-9-7-20-8-10-22-12-16-24/h19-22,25H,3-18H2,1-2H3.